The number of aromatic nitrogens is 1. The van der Waals surface area contributed by atoms with Crippen LogP contribution < -0.4 is 4.72 Å². The molecule has 0 radical (unpaired) electrons. The molecule has 2 N–H and O–H groups in total. The standard InChI is InChI=1S/C13H11IN2O4S/c14-12-2-1-10(7-11(12)13(17)18)21(19,20)16-8-9-3-5-15-6-4-9/h1-7,16H,8H2,(H,17,18). The summed E-state index contributed by atoms with van der Waals surface area (Å²) < 4.78 is 27.2. The molecule has 2 aromatic rings. The van der Waals surface area contributed by atoms with Gasteiger partial charge < -0.3 is 5.11 Å². The van der Waals surface area contributed by atoms with E-state index < -0.39 is 16.0 Å². The summed E-state index contributed by atoms with van der Waals surface area (Å²) in [5, 5.41) is 9.04. The minimum absolute atomic E-state index is 0.0395. The molecule has 6 nitrogen and oxygen atoms in total. The maximum atomic E-state index is 12.2. The molecule has 0 saturated heterocycles. The number of hydrogen-bond donors (Lipinski definition) is 2. The van der Waals surface area contributed by atoms with Gasteiger partial charge in [0.25, 0.3) is 0 Å². The van der Waals surface area contributed by atoms with Crippen molar-refractivity contribution >= 4 is 38.6 Å². The highest BCUT2D eigenvalue weighted by molar-refractivity contribution is 14.1. The van der Waals surface area contributed by atoms with Crippen LogP contribution in [0.3, 0.4) is 0 Å². The first kappa shape index (κ1) is 15.9. The Labute approximate surface area is 135 Å². The Morgan fingerprint density at radius 1 is 1.24 bits per heavy atom. The van der Waals surface area contributed by atoms with Gasteiger partial charge in [-0.2, -0.15) is 0 Å². The Morgan fingerprint density at radius 2 is 1.90 bits per heavy atom. The van der Waals surface area contributed by atoms with E-state index in [9.17, 15) is 13.2 Å². The Balaban J connectivity index is 2.24. The van der Waals surface area contributed by atoms with Crippen molar-refractivity contribution in [2.24, 2.45) is 0 Å². The zero-order valence-corrected chi connectivity index (χ0v) is 13.6. The summed E-state index contributed by atoms with van der Waals surface area (Å²) in [5.41, 5.74) is 0.722. The molecule has 0 aliphatic heterocycles. The first-order valence-corrected chi connectivity index (χ1v) is 8.38. The average molecular weight is 418 g/mol. The van der Waals surface area contributed by atoms with Gasteiger partial charge in [0.15, 0.2) is 0 Å². The van der Waals surface area contributed by atoms with Crippen LogP contribution in [0.5, 0.6) is 0 Å². The van der Waals surface area contributed by atoms with Crippen molar-refractivity contribution in [3.63, 3.8) is 0 Å². The predicted octanol–water partition coefficient (Wildman–Crippen LogP) is 1.86. The van der Waals surface area contributed by atoms with Crippen LogP contribution in [-0.2, 0) is 16.6 Å². The number of rotatable bonds is 5. The van der Waals surface area contributed by atoms with E-state index in [1.54, 1.807) is 24.5 Å². The maximum Gasteiger partial charge on any atom is 0.336 e. The number of benzene rings is 1. The summed E-state index contributed by atoms with van der Waals surface area (Å²) in [6, 6.07) is 7.38. The van der Waals surface area contributed by atoms with Crippen LogP contribution in [0.15, 0.2) is 47.6 Å². The number of pyridine rings is 1. The fourth-order valence-corrected chi connectivity index (χ4v) is 3.21. The molecule has 1 aromatic carbocycles. The van der Waals surface area contributed by atoms with Gasteiger partial charge in [-0.05, 0) is 58.5 Å². The Hall–Kier alpha value is -1.52. The van der Waals surface area contributed by atoms with Crippen molar-refractivity contribution in [2.45, 2.75) is 11.4 Å². The van der Waals surface area contributed by atoms with E-state index in [-0.39, 0.29) is 17.0 Å². The maximum absolute atomic E-state index is 12.2. The molecule has 0 aliphatic rings. The molecule has 1 heterocycles. The molecule has 0 atom stereocenters. The van der Waals surface area contributed by atoms with E-state index in [2.05, 4.69) is 9.71 Å². The third-order valence-corrected chi connectivity index (χ3v) is 5.03. The SMILES string of the molecule is O=C(O)c1cc(S(=O)(=O)NCc2ccncc2)ccc1I. The molecule has 21 heavy (non-hydrogen) atoms. The highest BCUT2D eigenvalue weighted by Gasteiger charge is 2.17. The summed E-state index contributed by atoms with van der Waals surface area (Å²) in [4.78, 5) is 14.8. The lowest BCUT2D eigenvalue weighted by molar-refractivity contribution is 0.0695. The Morgan fingerprint density at radius 3 is 2.52 bits per heavy atom. The van der Waals surface area contributed by atoms with E-state index in [4.69, 9.17) is 5.11 Å². The molecule has 0 fully saturated rings. The fraction of sp³-hybridized carbons (Fsp3) is 0.0769. The first-order valence-electron chi connectivity index (χ1n) is 5.81. The molecule has 1 aromatic heterocycles. The third-order valence-electron chi connectivity index (χ3n) is 2.69. The van der Waals surface area contributed by atoms with Crippen LogP contribution in [0.25, 0.3) is 0 Å². The van der Waals surface area contributed by atoms with Gasteiger partial charge in [-0.25, -0.2) is 17.9 Å². The van der Waals surface area contributed by atoms with Crippen molar-refractivity contribution in [1.29, 1.82) is 0 Å². The summed E-state index contributed by atoms with van der Waals surface area (Å²) in [6.45, 7) is 0.110. The van der Waals surface area contributed by atoms with E-state index in [0.717, 1.165) is 11.6 Å². The van der Waals surface area contributed by atoms with Gasteiger partial charge in [0.2, 0.25) is 10.0 Å². The van der Waals surface area contributed by atoms with Gasteiger partial charge in [0, 0.05) is 22.5 Å². The number of aromatic carboxylic acids is 1. The Bertz CT molecular complexity index is 763. The average Bonchev–Trinajstić information content (AvgIpc) is 2.46. The van der Waals surface area contributed by atoms with Crippen LogP contribution in [0.1, 0.15) is 15.9 Å². The van der Waals surface area contributed by atoms with Crippen LogP contribution >= 0.6 is 22.6 Å². The normalized spacial score (nSPS) is 11.3. The second-order valence-corrected chi connectivity index (χ2v) is 7.06. The zero-order valence-electron chi connectivity index (χ0n) is 10.7. The topological polar surface area (TPSA) is 96.4 Å². The lowest BCUT2D eigenvalue weighted by Crippen LogP contribution is -2.23. The van der Waals surface area contributed by atoms with Gasteiger partial charge in [-0.1, -0.05) is 0 Å². The summed E-state index contributed by atoms with van der Waals surface area (Å²) in [6.07, 6.45) is 3.13. The van der Waals surface area contributed by atoms with Crippen molar-refractivity contribution < 1.29 is 18.3 Å². The number of nitrogens with one attached hydrogen (secondary N) is 1. The van der Waals surface area contributed by atoms with E-state index in [0.29, 0.717) is 3.57 Å². The second-order valence-electron chi connectivity index (χ2n) is 4.13. The molecule has 0 unspecified atom stereocenters. The Kier molecular flexibility index (Phi) is 4.91. The summed E-state index contributed by atoms with van der Waals surface area (Å²) in [5.74, 6) is -1.16. The van der Waals surface area contributed by atoms with Gasteiger partial charge >= 0.3 is 5.97 Å². The van der Waals surface area contributed by atoms with Crippen LogP contribution in [-0.4, -0.2) is 24.5 Å². The zero-order chi connectivity index (χ0) is 15.5. The quantitative estimate of drug-likeness (QED) is 0.723. The van der Waals surface area contributed by atoms with E-state index in [1.807, 2.05) is 22.6 Å². The number of carboxylic acid groups (broad SMARTS) is 1. The fourth-order valence-electron chi connectivity index (χ4n) is 1.60. The number of halogens is 1. The molecule has 8 heteroatoms. The molecule has 0 saturated carbocycles. The molecular weight excluding hydrogens is 407 g/mol. The molecular formula is C13H11IN2O4S. The number of carboxylic acids is 1. The number of carbonyl (C=O) groups is 1. The summed E-state index contributed by atoms with van der Waals surface area (Å²) in [7, 11) is -3.77. The van der Waals surface area contributed by atoms with Crippen LogP contribution in [0, 0.1) is 3.57 Å². The first-order chi connectivity index (χ1) is 9.90. The number of nitrogens with zero attached hydrogens (tertiary/aromatic N) is 1. The van der Waals surface area contributed by atoms with Gasteiger partial charge in [-0.3, -0.25) is 4.98 Å². The van der Waals surface area contributed by atoms with Crippen molar-refractivity contribution in [3.8, 4) is 0 Å². The van der Waals surface area contributed by atoms with Gasteiger partial charge in [0.1, 0.15) is 0 Å². The highest BCUT2D eigenvalue weighted by atomic mass is 127. The second kappa shape index (κ2) is 6.50. The highest BCUT2D eigenvalue weighted by Crippen LogP contribution is 2.18. The number of sulfonamides is 1. The van der Waals surface area contributed by atoms with E-state index in [1.165, 1.54) is 12.1 Å². The largest absolute Gasteiger partial charge is 0.478 e. The van der Waals surface area contributed by atoms with E-state index >= 15 is 0 Å². The molecule has 110 valence electrons. The lowest BCUT2D eigenvalue weighted by Gasteiger charge is -2.08. The smallest absolute Gasteiger partial charge is 0.336 e. The predicted molar refractivity (Wildman–Crippen MR) is 84.4 cm³/mol. The minimum Gasteiger partial charge on any atom is -0.478 e. The minimum atomic E-state index is -3.77. The molecule has 0 aliphatic carbocycles. The monoisotopic (exact) mass is 418 g/mol. The van der Waals surface area contributed by atoms with Crippen molar-refractivity contribution in [2.75, 3.05) is 0 Å². The van der Waals surface area contributed by atoms with Gasteiger partial charge in [-0.15, -0.1) is 0 Å². The third kappa shape index (κ3) is 3.99. The van der Waals surface area contributed by atoms with Crippen molar-refractivity contribution in [1.82, 2.24) is 9.71 Å². The lowest BCUT2D eigenvalue weighted by atomic mass is 10.2. The van der Waals surface area contributed by atoms with Crippen LogP contribution in [0.2, 0.25) is 0 Å². The van der Waals surface area contributed by atoms with Crippen LogP contribution in [0.4, 0.5) is 0 Å². The molecule has 0 bridgehead atoms. The summed E-state index contributed by atoms with van der Waals surface area (Å²) >= 11 is 1.85. The van der Waals surface area contributed by atoms with Crippen molar-refractivity contribution in [3.05, 3.63) is 57.4 Å². The molecule has 2 rings (SSSR count). The van der Waals surface area contributed by atoms with Gasteiger partial charge in [0.05, 0.1) is 10.5 Å². The number of hydrogen-bond acceptors (Lipinski definition) is 4. The molecule has 0 spiro atoms. The molecule has 0 amide bonds.